The van der Waals surface area contributed by atoms with Crippen LogP contribution >= 0.6 is 11.6 Å². The summed E-state index contributed by atoms with van der Waals surface area (Å²) in [5.74, 6) is -1.27. The third-order valence-electron chi connectivity index (χ3n) is 2.77. The van der Waals surface area contributed by atoms with Crippen LogP contribution in [-0.4, -0.2) is 39.5 Å². The molecule has 0 aromatic carbocycles. The fourth-order valence-corrected chi connectivity index (χ4v) is 2.05. The number of hydrogen-bond donors (Lipinski definition) is 1. The maximum absolute atomic E-state index is 12.1. The summed E-state index contributed by atoms with van der Waals surface area (Å²) in [6.07, 6.45) is 2.58. The first kappa shape index (κ1) is 11.9. The van der Waals surface area contributed by atoms with Crippen molar-refractivity contribution in [2.75, 3.05) is 6.54 Å². The van der Waals surface area contributed by atoms with Crippen LogP contribution in [0.1, 0.15) is 23.2 Å². The van der Waals surface area contributed by atoms with Gasteiger partial charge in [0.05, 0.1) is 5.56 Å². The number of carbonyl (C=O) groups excluding carboxylic acids is 1. The fraction of sp³-hybridized carbons (Fsp3) is 0.364. The van der Waals surface area contributed by atoms with Crippen molar-refractivity contribution in [3.05, 3.63) is 29.0 Å². The van der Waals surface area contributed by atoms with E-state index < -0.39 is 12.0 Å². The minimum Gasteiger partial charge on any atom is -0.480 e. The fourth-order valence-electron chi connectivity index (χ4n) is 1.93. The number of hydrogen-bond acceptors (Lipinski definition) is 3. The van der Waals surface area contributed by atoms with Gasteiger partial charge in [-0.3, -0.25) is 4.79 Å². The molecule has 0 aliphatic carbocycles. The van der Waals surface area contributed by atoms with Crippen LogP contribution in [0.2, 0.25) is 5.15 Å². The molecule has 1 amide bonds. The van der Waals surface area contributed by atoms with Crippen molar-refractivity contribution < 1.29 is 14.7 Å². The molecule has 17 heavy (non-hydrogen) atoms. The Morgan fingerprint density at radius 2 is 2.24 bits per heavy atom. The standard InChI is InChI=1S/C11H11ClN2O3/c12-9-4-3-7(6-13-9)10(15)14-5-1-2-8(14)11(16)17/h3-4,6,8H,1-2,5H2,(H,16,17)/t8-/m1/s1. The van der Waals surface area contributed by atoms with Crippen LogP contribution in [0.5, 0.6) is 0 Å². The maximum Gasteiger partial charge on any atom is 0.326 e. The molecule has 2 heterocycles. The Morgan fingerprint density at radius 1 is 1.47 bits per heavy atom. The van der Waals surface area contributed by atoms with Crippen LogP contribution in [0.3, 0.4) is 0 Å². The topological polar surface area (TPSA) is 70.5 Å². The number of pyridine rings is 1. The summed E-state index contributed by atoms with van der Waals surface area (Å²) < 4.78 is 0. The number of aliphatic carboxylic acids is 1. The molecule has 1 aliphatic rings. The Kier molecular flexibility index (Phi) is 3.28. The van der Waals surface area contributed by atoms with Gasteiger partial charge in [-0.25, -0.2) is 9.78 Å². The van der Waals surface area contributed by atoms with Crippen molar-refractivity contribution in [2.45, 2.75) is 18.9 Å². The van der Waals surface area contributed by atoms with Gasteiger partial charge >= 0.3 is 5.97 Å². The lowest BCUT2D eigenvalue weighted by atomic mass is 10.2. The maximum atomic E-state index is 12.1. The van der Waals surface area contributed by atoms with E-state index in [2.05, 4.69) is 4.98 Å². The first-order valence-electron chi connectivity index (χ1n) is 5.25. The van der Waals surface area contributed by atoms with Crippen molar-refractivity contribution in [2.24, 2.45) is 0 Å². The highest BCUT2D eigenvalue weighted by Crippen LogP contribution is 2.20. The molecule has 1 atom stereocenters. The monoisotopic (exact) mass is 254 g/mol. The lowest BCUT2D eigenvalue weighted by Gasteiger charge is -2.21. The Morgan fingerprint density at radius 3 is 2.82 bits per heavy atom. The number of nitrogens with zero attached hydrogens (tertiary/aromatic N) is 2. The van der Waals surface area contributed by atoms with Gasteiger partial charge < -0.3 is 10.0 Å². The van der Waals surface area contributed by atoms with Gasteiger partial charge in [-0.2, -0.15) is 0 Å². The van der Waals surface area contributed by atoms with Crippen LogP contribution in [-0.2, 0) is 4.79 Å². The zero-order valence-corrected chi connectivity index (χ0v) is 9.72. The lowest BCUT2D eigenvalue weighted by Crippen LogP contribution is -2.40. The summed E-state index contributed by atoms with van der Waals surface area (Å²) in [6, 6.07) is 2.34. The highest BCUT2D eigenvalue weighted by Gasteiger charge is 2.34. The molecule has 2 rings (SSSR count). The second kappa shape index (κ2) is 4.71. The van der Waals surface area contributed by atoms with Crippen molar-refractivity contribution in [3.63, 3.8) is 0 Å². The number of amides is 1. The van der Waals surface area contributed by atoms with Crippen LogP contribution in [0.15, 0.2) is 18.3 Å². The Balaban J connectivity index is 2.19. The summed E-state index contributed by atoms with van der Waals surface area (Å²) in [4.78, 5) is 28.2. The quantitative estimate of drug-likeness (QED) is 0.811. The predicted molar refractivity (Wildman–Crippen MR) is 60.9 cm³/mol. The molecule has 5 nitrogen and oxygen atoms in total. The third-order valence-corrected chi connectivity index (χ3v) is 3.00. The second-order valence-electron chi connectivity index (χ2n) is 3.86. The van der Waals surface area contributed by atoms with Crippen LogP contribution in [0.25, 0.3) is 0 Å². The molecule has 0 saturated carbocycles. The first-order chi connectivity index (χ1) is 8.09. The van der Waals surface area contributed by atoms with Gasteiger partial charge in [-0.1, -0.05) is 11.6 Å². The summed E-state index contributed by atoms with van der Waals surface area (Å²) in [5, 5.41) is 9.30. The zero-order chi connectivity index (χ0) is 12.4. The number of halogens is 1. The summed E-state index contributed by atoms with van der Waals surface area (Å²) in [5.41, 5.74) is 0.363. The highest BCUT2D eigenvalue weighted by atomic mass is 35.5. The summed E-state index contributed by atoms with van der Waals surface area (Å²) in [7, 11) is 0. The van der Waals surface area contributed by atoms with Gasteiger partial charge in [0.15, 0.2) is 0 Å². The molecule has 1 aromatic rings. The van der Waals surface area contributed by atoms with E-state index in [1.807, 2.05) is 0 Å². The molecule has 1 fully saturated rings. The van der Waals surface area contributed by atoms with Crippen LogP contribution in [0, 0.1) is 0 Å². The van der Waals surface area contributed by atoms with Gasteiger partial charge in [0, 0.05) is 12.7 Å². The second-order valence-corrected chi connectivity index (χ2v) is 4.25. The highest BCUT2D eigenvalue weighted by molar-refractivity contribution is 6.29. The number of aromatic nitrogens is 1. The minimum absolute atomic E-state index is 0.303. The Labute approximate surface area is 103 Å². The van der Waals surface area contributed by atoms with Crippen molar-refractivity contribution >= 4 is 23.5 Å². The number of carbonyl (C=O) groups is 2. The molecule has 90 valence electrons. The Hall–Kier alpha value is -1.62. The summed E-state index contributed by atoms with van der Waals surface area (Å²) >= 11 is 5.63. The zero-order valence-electron chi connectivity index (χ0n) is 8.97. The molecule has 0 radical (unpaired) electrons. The molecule has 1 aromatic heterocycles. The molecule has 6 heteroatoms. The normalized spacial score (nSPS) is 19.4. The van der Waals surface area contributed by atoms with Gasteiger partial charge in [0.25, 0.3) is 5.91 Å². The van der Waals surface area contributed by atoms with Crippen molar-refractivity contribution in [1.82, 2.24) is 9.88 Å². The average molecular weight is 255 g/mol. The van der Waals surface area contributed by atoms with E-state index >= 15 is 0 Å². The molecule has 1 saturated heterocycles. The molecule has 0 bridgehead atoms. The van der Waals surface area contributed by atoms with Gasteiger partial charge in [0.1, 0.15) is 11.2 Å². The smallest absolute Gasteiger partial charge is 0.326 e. The minimum atomic E-state index is -0.960. The van der Waals surface area contributed by atoms with E-state index in [0.29, 0.717) is 30.1 Å². The predicted octanol–water partition coefficient (Wildman–Crippen LogP) is 1.42. The lowest BCUT2D eigenvalue weighted by molar-refractivity contribution is -0.141. The SMILES string of the molecule is O=C(O)[C@H]1CCCN1C(=O)c1ccc(Cl)nc1. The molecular formula is C11H11ClN2O3. The largest absolute Gasteiger partial charge is 0.480 e. The van der Waals surface area contributed by atoms with Gasteiger partial charge in [-0.05, 0) is 25.0 Å². The van der Waals surface area contributed by atoms with E-state index in [1.54, 1.807) is 6.07 Å². The van der Waals surface area contributed by atoms with E-state index in [0.717, 1.165) is 0 Å². The van der Waals surface area contributed by atoms with Crippen molar-refractivity contribution in [3.8, 4) is 0 Å². The van der Waals surface area contributed by atoms with E-state index in [4.69, 9.17) is 16.7 Å². The number of rotatable bonds is 2. The Bertz CT molecular complexity index is 447. The van der Waals surface area contributed by atoms with Crippen molar-refractivity contribution in [1.29, 1.82) is 0 Å². The van der Waals surface area contributed by atoms with Crippen LogP contribution < -0.4 is 0 Å². The molecule has 1 N–H and O–H groups in total. The molecular weight excluding hydrogens is 244 g/mol. The number of carboxylic acids is 1. The van der Waals surface area contributed by atoms with E-state index in [1.165, 1.54) is 17.2 Å². The molecule has 0 spiro atoms. The number of likely N-dealkylation sites (tertiary alicyclic amines) is 1. The van der Waals surface area contributed by atoms with Gasteiger partial charge in [0.2, 0.25) is 0 Å². The van der Waals surface area contributed by atoms with Crippen LogP contribution in [0.4, 0.5) is 0 Å². The number of carboxylic acid groups (broad SMARTS) is 1. The van der Waals surface area contributed by atoms with E-state index in [-0.39, 0.29) is 5.91 Å². The van der Waals surface area contributed by atoms with E-state index in [9.17, 15) is 9.59 Å². The first-order valence-corrected chi connectivity index (χ1v) is 5.62. The molecule has 0 unspecified atom stereocenters. The average Bonchev–Trinajstić information content (AvgIpc) is 2.78. The summed E-state index contributed by atoms with van der Waals surface area (Å²) in [6.45, 7) is 0.471. The molecule has 1 aliphatic heterocycles. The third kappa shape index (κ3) is 2.39. The van der Waals surface area contributed by atoms with Gasteiger partial charge in [-0.15, -0.1) is 0 Å².